The van der Waals surface area contributed by atoms with E-state index in [1.165, 1.54) is 30.3 Å². The molecule has 1 atom stereocenters. The molecule has 2 aliphatic heterocycles. The number of ether oxygens (including phenoxy) is 3. The lowest BCUT2D eigenvalue weighted by atomic mass is 9.85. The molecule has 4 aromatic rings. The molecule has 3 aromatic carbocycles. The molecule has 6 rings (SSSR count). The molecule has 0 spiro atoms. The second-order valence-corrected chi connectivity index (χ2v) is 8.03. The quantitative estimate of drug-likeness (QED) is 0.232. The SMILES string of the molecule is O=C1C[C@@H](c2ccc3c(c2)OCO3)c2c(cc(O)c3c(=O)cc(-c4ccc(O)c(O)c4)oc23)O1. The molecule has 2 aliphatic rings. The van der Waals surface area contributed by atoms with Gasteiger partial charge in [0.2, 0.25) is 6.79 Å². The predicted molar refractivity (Wildman–Crippen MR) is 118 cm³/mol. The van der Waals surface area contributed by atoms with Crippen molar-refractivity contribution in [1.82, 2.24) is 0 Å². The molecule has 0 saturated heterocycles. The Morgan fingerprint density at radius 2 is 1.62 bits per heavy atom. The van der Waals surface area contributed by atoms with Gasteiger partial charge in [0.05, 0.1) is 6.42 Å². The molecule has 0 radical (unpaired) electrons. The van der Waals surface area contributed by atoms with E-state index >= 15 is 0 Å². The summed E-state index contributed by atoms with van der Waals surface area (Å²) in [7, 11) is 0. The van der Waals surface area contributed by atoms with Crippen molar-refractivity contribution in [2.24, 2.45) is 0 Å². The fourth-order valence-corrected chi connectivity index (χ4v) is 4.39. The number of hydrogen-bond acceptors (Lipinski definition) is 9. The van der Waals surface area contributed by atoms with Gasteiger partial charge < -0.3 is 33.9 Å². The number of esters is 1. The number of rotatable bonds is 2. The second kappa shape index (κ2) is 7.17. The van der Waals surface area contributed by atoms with Gasteiger partial charge in [-0.05, 0) is 35.9 Å². The van der Waals surface area contributed by atoms with Crippen molar-refractivity contribution in [3.8, 4) is 45.8 Å². The summed E-state index contributed by atoms with van der Waals surface area (Å²) in [4.78, 5) is 25.4. The maximum Gasteiger partial charge on any atom is 0.312 e. The van der Waals surface area contributed by atoms with Crippen LogP contribution in [0.4, 0.5) is 0 Å². The van der Waals surface area contributed by atoms with Crippen LogP contribution in [0.15, 0.2) is 57.7 Å². The van der Waals surface area contributed by atoms with E-state index in [2.05, 4.69) is 0 Å². The highest BCUT2D eigenvalue weighted by molar-refractivity contribution is 5.93. The standard InChI is InChI=1S/C25H16O9/c26-14-3-1-12(5-15(14)27)19-8-16(28)24-17(29)9-21-23(25(24)34-19)13(7-22(30)33-21)11-2-4-18-20(6-11)32-10-31-18/h1-6,8-9,13,26-27,29H,7,10H2/t13-/m0/s1. The van der Waals surface area contributed by atoms with Gasteiger partial charge in [-0.3, -0.25) is 9.59 Å². The molecular formula is C25H16O9. The highest BCUT2D eigenvalue weighted by Gasteiger charge is 2.34. The number of carbonyl (C=O) groups is 1. The number of carbonyl (C=O) groups excluding carboxylic acids is 1. The molecule has 0 saturated carbocycles. The summed E-state index contributed by atoms with van der Waals surface area (Å²) in [6, 6.07) is 11.7. The van der Waals surface area contributed by atoms with Crippen LogP contribution < -0.4 is 19.6 Å². The Morgan fingerprint density at radius 1 is 0.794 bits per heavy atom. The highest BCUT2D eigenvalue weighted by Crippen LogP contribution is 2.47. The Labute approximate surface area is 191 Å². The largest absolute Gasteiger partial charge is 0.507 e. The first kappa shape index (κ1) is 20.0. The van der Waals surface area contributed by atoms with Crippen molar-refractivity contribution < 1.29 is 38.7 Å². The van der Waals surface area contributed by atoms with Crippen LogP contribution in [0.5, 0.6) is 34.5 Å². The van der Waals surface area contributed by atoms with Gasteiger partial charge in [-0.25, -0.2) is 0 Å². The minimum absolute atomic E-state index is 0.0273. The zero-order valence-corrected chi connectivity index (χ0v) is 17.4. The molecule has 9 nitrogen and oxygen atoms in total. The van der Waals surface area contributed by atoms with E-state index in [1.54, 1.807) is 18.2 Å². The van der Waals surface area contributed by atoms with E-state index in [0.717, 1.165) is 0 Å². The van der Waals surface area contributed by atoms with E-state index in [1.807, 2.05) is 0 Å². The molecule has 0 unspecified atom stereocenters. The van der Waals surface area contributed by atoms with Crippen molar-refractivity contribution in [1.29, 1.82) is 0 Å². The lowest BCUT2D eigenvalue weighted by Gasteiger charge is -2.26. The Bertz CT molecular complexity index is 1570. The first-order chi connectivity index (χ1) is 16.4. The predicted octanol–water partition coefficient (Wildman–Crippen LogP) is 3.75. The molecule has 9 heteroatoms. The van der Waals surface area contributed by atoms with Crippen LogP contribution in [-0.4, -0.2) is 28.1 Å². The third kappa shape index (κ3) is 3.01. The Balaban J connectivity index is 1.62. The zero-order valence-electron chi connectivity index (χ0n) is 17.4. The van der Waals surface area contributed by atoms with Gasteiger partial charge in [-0.1, -0.05) is 6.07 Å². The molecule has 3 heterocycles. The highest BCUT2D eigenvalue weighted by atomic mass is 16.7. The maximum atomic E-state index is 13.0. The summed E-state index contributed by atoms with van der Waals surface area (Å²) in [6.45, 7) is 0.0938. The maximum absolute atomic E-state index is 13.0. The molecule has 3 N–H and O–H groups in total. The fraction of sp³-hybridized carbons (Fsp3) is 0.120. The average molecular weight is 460 g/mol. The van der Waals surface area contributed by atoms with E-state index in [9.17, 15) is 24.9 Å². The van der Waals surface area contributed by atoms with E-state index < -0.39 is 17.3 Å². The molecule has 0 fully saturated rings. The van der Waals surface area contributed by atoms with Crippen LogP contribution in [0.2, 0.25) is 0 Å². The summed E-state index contributed by atoms with van der Waals surface area (Å²) in [5.74, 6) is -0.860. The molecular weight excluding hydrogens is 444 g/mol. The third-order valence-corrected chi connectivity index (χ3v) is 5.98. The second-order valence-electron chi connectivity index (χ2n) is 8.03. The van der Waals surface area contributed by atoms with E-state index in [0.29, 0.717) is 28.2 Å². The number of aromatic hydroxyl groups is 3. The topological polar surface area (TPSA) is 136 Å². The molecule has 170 valence electrons. The zero-order chi connectivity index (χ0) is 23.6. The lowest BCUT2D eigenvalue weighted by Crippen LogP contribution is -2.22. The number of phenols is 3. The summed E-state index contributed by atoms with van der Waals surface area (Å²) >= 11 is 0. The minimum atomic E-state index is -0.555. The Morgan fingerprint density at radius 3 is 2.44 bits per heavy atom. The van der Waals surface area contributed by atoms with Gasteiger partial charge in [0.1, 0.15) is 28.2 Å². The van der Waals surface area contributed by atoms with Gasteiger partial charge in [-0.2, -0.15) is 0 Å². The molecule has 1 aromatic heterocycles. The lowest BCUT2D eigenvalue weighted by molar-refractivity contribution is -0.135. The number of phenolic OH excluding ortho intramolecular Hbond substituents is 3. The minimum Gasteiger partial charge on any atom is -0.507 e. The fourth-order valence-electron chi connectivity index (χ4n) is 4.39. The number of hydrogen-bond donors (Lipinski definition) is 3. The van der Waals surface area contributed by atoms with Crippen LogP contribution in [-0.2, 0) is 4.79 Å². The van der Waals surface area contributed by atoms with E-state index in [4.69, 9.17) is 18.6 Å². The first-order valence-electron chi connectivity index (χ1n) is 10.4. The molecule has 0 amide bonds. The number of fused-ring (bicyclic) bond motifs is 4. The van der Waals surface area contributed by atoms with Gasteiger partial charge in [0, 0.05) is 29.2 Å². The normalized spacial score (nSPS) is 16.4. The molecule has 0 aliphatic carbocycles. The monoisotopic (exact) mass is 460 g/mol. The van der Waals surface area contributed by atoms with Crippen molar-refractivity contribution in [3.05, 3.63) is 69.9 Å². The Kier molecular flexibility index (Phi) is 4.22. The van der Waals surface area contributed by atoms with Gasteiger partial charge in [0.15, 0.2) is 28.4 Å². The van der Waals surface area contributed by atoms with Crippen molar-refractivity contribution in [3.63, 3.8) is 0 Å². The van der Waals surface area contributed by atoms with Crippen molar-refractivity contribution in [2.75, 3.05) is 6.79 Å². The molecule has 34 heavy (non-hydrogen) atoms. The van der Waals surface area contributed by atoms with Gasteiger partial charge in [-0.15, -0.1) is 0 Å². The van der Waals surface area contributed by atoms with E-state index in [-0.39, 0.29) is 52.9 Å². The van der Waals surface area contributed by atoms with Crippen LogP contribution in [0.1, 0.15) is 23.5 Å². The summed E-state index contributed by atoms with van der Waals surface area (Å²) in [5.41, 5.74) is 1.00. The van der Waals surface area contributed by atoms with Crippen molar-refractivity contribution in [2.45, 2.75) is 12.3 Å². The first-order valence-corrected chi connectivity index (χ1v) is 10.4. The summed E-state index contributed by atoms with van der Waals surface area (Å²) in [6.07, 6.45) is -0.0273. The van der Waals surface area contributed by atoms with Gasteiger partial charge >= 0.3 is 5.97 Å². The average Bonchev–Trinajstić information content (AvgIpc) is 3.27. The van der Waals surface area contributed by atoms with Crippen molar-refractivity contribution >= 4 is 16.9 Å². The van der Waals surface area contributed by atoms with Crippen LogP contribution in [0.3, 0.4) is 0 Å². The summed E-state index contributed by atoms with van der Waals surface area (Å²) < 4.78 is 22.3. The Hall–Kier alpha value is -4.66. The van der Waals surface area contributed by atoms with Crippen LogP contribution in [0, 0.1) is 0 Å². The third-order valence-electron chi connectivity index (χ3n) is 5.98. The molecule has 0 bridgehead atoms. The smallest absolute Gasteiger partial charge is 0.312 e. The van der Waals surface area contributed by atoms with Crippen LogP contribution in [0.25, 0.3) is 22.3 Å². The van der Waals surface area contributed by atoms with Crippen LogP contribution >= 0.6 is 0 Å². The summed E-state index contributed by atoms with van der Waals surface area (Å²) in [5, 5.41) is 30.0. The number of benzene rings is 3. The van der Waals surface area contributed by atoms with Gasteiger partial charge in [0.25, 0.3) is 0 Å².